The topological polar surface area (TPSA) is 80.9 Å². The van der Waals surface area contributed by atoms with Gasteiger partial charge in [-0.05, 0) is 38.2 Å². The molecule has 1 aliphatic carbocycles. The fourth-order valence-corrected chi connectivity index (χ4v) is 5.48. The molecule has 1 amide bonds. The van der Waals surface area contributed by atoms with Crippen LogP contribution in [0.2, 0.25) is 0 Å². The summed E-state index contributed by atoms with van der Waals surface area (Å²) in [7, 11) is 0. The first-order chi connectivity index (χ1) is 12.1. The first kappa shape index (κ1) is 18.6. The fourth-order valence-electron chi connectivity index (χ4n) is 3.55. The predicted octanol–water partition coefficient (Wildman–Crippen LogP) is 3.42. The van der Waals surface area contributed by atoms with Crippen LogP contribution in [0, 0.1) is 19.8 Å². The lowest BCUT2D eigenvalue weighted by molar-refractivity contribution is -0.119. The molecule has 0 spiro atoms. The van der Waals surface area contributed by atoms with E-state index in [4.69, 9.17) is 5.73 Å². The van der Waals surface area contributed by atoms with Crippen LogP contribution in [-0.4, -0.2) is 34.2 Å². The van der Waals surface area contributed by atoms with E-state index in [1.807, 2.05) is 0 Å². The first-order valence-corrected chi connectivity index (χ1v) is 10.7. The molecule has 2 aromatic heterocycles. The number of aromatic nitrogens is 2. The number of nitrogens with two attached hydrogens (primary N) is 1. The number of thioether (sulfide) groups is 1. The van der Waals surface area contributed by atoms with Crippen molar-refractivity contribution < 1.29 is 4.79 Å². The van der Waals surface area contributed by atoms with Crippen LogP contribution in [-0.2, 0) is 4.79 Å². The van der Waals surface area contributed by atoms with Gasteiger partial charge in [0.25, 0.3) is 0 Å². The van der Waals surface area contributed by atoms with Gasteiger partial charge in [0.15, 0.2) is 0 Å². The maximum atomic E-state index is 12.4. The van der Waals surface area contributed by atoms with Crippen molar-refractivity contribution in [2.45, 2.75) is 57.0 Å². The average Bonchev–Trinajstić information content (AvgIpc) is 2.93. The summed E-state index contributed by atoms with van der Waals surface area (Å²) in [6.45, 7) is 4.70. The van der Waals surface area contributed by atoms with E-state index in [2.05, 4.69) is 29.1 Å². The number of thiophene rings is 1. The third kappa shape index (κ3) is 4.33. The minimum atomic E-state index is 0.0439. The van der Waals surface area contributed by atoms with Gasteiger partial charge in [-0.15, -0.1) is 11.3 Å². The van der Waals surface area contributed by atoms with Gasteiger partial charge in [0.05, 0.1) is 5.75 Å². The summed E-state index contributed by atoms with van der Waals surface area (Å²) in [5.74, 6) is 0.937. The number of nitrogens with one attached hydrogen (secondary N) is 1. The molecule has 5 nitrogen and oxygen atoms in total. The van der Waals surface area contributed by atoms with E-state index in [1.165, 1.54) is 54.3 Å². The Labute approximate surface area is 157 Å². The number of aryl methyl sites for hydroxylation is 2. The molecule has 1 fully saturated rings. The lowest BCUT2D eigenvalue weighted by Crippen LogP contribution is -2.46. The molecule has 1 saturated carbocycles. The first-order valence-electron chi connectivity index (χ1n) is 8.93. The molecule has 0 bridgehead atoms. The number of rotatable bonds is 6. The van der Waals surface area contributed by atoms with E-state index in [9.17, 15) is 4.79 Å². The molecule has 0 aromatic carbocycles. The van der Waals surface area contributed by atoms with Crippen molar-refractivity contribution in [2.75, 3.05) is 12.3 Å². The summed E-state index contributed by atoms with van der Waals surface area (Å²) in [5, 5.41) is 5.13. The summed E-state index contributed by atoms with van der Waals surface area (Å²) in [6.07, 6.45) is 7.75. The van der Waals surface area contributed by atoms with Gasteiger partial charge in [0, 0.05) is 22.8 Å². The molecule has 1 atom stereocenters. The average molecular weight is 379 g/mol. The summed E-state index contributed by atoms with van der Waals surface area (Å²) >= 11 is 3.17. The summed E-state index contributed by atoms with van der Waals surface area (Å²) in [5.41, 5.74) is 7.13. The minimum Gasteiger partial charge on any atom is -0.351 e. The molecule has 3 rings (SSSR count). The van der Waals surface area contributed by atoms with Crippen LogP contribution in [0.3, 0.4) is 0 Å². The second kappa shape index (κ2) is 8.47. The molecule has 1 unspecified atom stereocenters. The highest BCUT2D eigenvalue weighted by Gasteiger charge is 2.24. The van der Waals surface area contributed by atoms with Crippen molar-refractivity contribution in [2.24, 2.45) is 11.7 Å². The molecule has 0 radical (unpaired) electrons. The maximum Gasteiger partial charge on any atom is 0.230 e. The third-order valence-electron chi connectivity index (χ3n) is 5.09. The molecule has 0 saturated heterocycles. The quantitative estimate of drug-likeness (QED) is 0.594. The molecule has 1 aliphatic rings. The SMILES string of the molecule is Cc1sc2ncnc(SCC(=O)NC(CN)C3CCCCC3)c2c1C. The lowest BCUT2D eigenvalue weighted by Gasteiger charge is -2.30. The van der Waals surface area contributed by atoms with Crippen LogP contribution in [0.15, 0.2) is 11.4 Å². The van der Waals surface area contributed by atoms with Gasteiger partial charge in [-0.2, -0.15) is 0 Å². The second-order valence-corrected chi connectivity index (χ2v) is 8.91. The maximum absolute atomic E-state index is 12.4. The van der Waals surface area contributed by atoms with Crippen molar-refractivity contribution in [3.8, 4) is 0 Å². The van der Waals surface area contributed by atoms with Crippen LogP contribution in [0.1, 0.15) is 42.5 Å². The van der Waals surface area contributed by atoms with E-state index in [1.54, 1.807) is 17.7 Å². The molecule has 2 aromatic rings. The van der Waals surface area contributed by atoms with Gasteiger partial charge in [0.2, 0.25) is 5.91 Å². The lowest BCUT2D eigenvalue weighted by atomic mass is 9.84. The molecule has 25 heavy (non-hydrogen) atoms. The normalized spacial score (nSPS) is 16.9. The number of nitrogens with zero attached hydrogens (tertiary/aromatic N) is 2. The van der Waals surface area contributed by atoms with Gasteiger partial charge < -0.3 is 11.1 Å². The summed E-state index contributed by atoms with van der Waals surface area (Å²) < 4.78 is 0. The Morgan fingerprint density at radius 1 is 1.36 bits per heavy atom. The van der Waals surface area contributed by atoms with Crippen molar-refractivity contribution in [3.63, 3.8) is 0 Å². The minimum absolute atomic E-state index is 0.0439. The highest BCUT2D eigenvalue weighted by atomic mass is 32.2. The zero-order chi connectivity index (χ0) is 17.8. The molecular formula is C18H26N4OS2. The number of hydrogen-bond acceptors (Lipinski definition) is 6. The Morgan fingerprint density at radius 2 is 2.12 bits per heavy atom. The van der Waals surface area contributed by atoms with Gasteiger partial charge >= 0.3 is 0 Å². The number of carbonyl (C=O) groups excluding carboxylic acids is 1. The Morgan fingerprint density at radius 3 is 2.84 bits per heavy atom. The summed E-state index contributed by atoms with van der Waals surface area (Å²) in [4.78, 5) is 23.4. The van der Waals surface area contributed by atoms with Crippen LogP contribution in [0.5, 0.6) is 0 Å². The monoisotopic (exact) mass is 378 g/mol. The zero-order valence-electron chi connectivity index (χ0n) is 14.9. The standard InChI is InChI=1S/C18H26N4OS2/c1-11-12(2)25-18-16(11)17(20-10-21-18)24-9-15(23)22-14(8-19)13-6-4-3-5-7-13/h10,13-14H,3-9,19H2,1-2H3,(H,22,23). The Bertz CT molecular complexity index is 740. The van der Waals surface area contributed by atoms with Gasteiger partial charge in [-0.1, -0.05) is 31.0 Å². The van der Waals surface area contributed by atoms with Crippen LogP contribution in [0.25, 0.3) is 10.2 Å². The van der Waals surface area contributed by atoms with Crippen molar-refractivity contribution >= 4 is 39.2 Å². The van der Waals surface area contributed by atoms with Crippen LogP contribution >= 0.6 is 23.1 Å². The third-order valence-corrected chi connectivity index (χ3v) is 7.19. The van der Waals surface area contributed by atoms with Crippen LogP contribution < -0.4 is 11.1 Å². The number of amides is 1. The van der Waals surface area contributed by atoms with Gasteiger partial charge in [-0.3, -0.25) is 4.79 Å². The Hall–Kier alpha value is -1.18. The molecule has 136 valence electrons. The molecule has 3 N–H and O–H groups in total. The zero-order valence-corrected chi connectivity index (χ0v) is 16.5. The van der Waals surface area contributed by atoms with Crippen molar-refractivity contribution in [1.82, 2.24) is 15.3 Å². The predicted molar refractivity (Wildman–Crippen MR) is 105 cm³/mol. The Kier molecular flexibility index (Phi) is 6.30. The van der Waals surface area contributed by atoms with Gasteiger partial charge in [0.1, 0.15) is 16.2 Å². The molecule has 7 heteroatoms. The highest BCUT2D eigenvalue weighted by molar-refractivity contribution is 8.00. The smallest absolute Gasteiger partial charge is 0.230 e. The second-order valence-electron chi connectivity index (χ2n) is 6.74. The van der Waals surface area contributed by atoms with Gasteiger partial charge in [-0.25, -0.2) is 9.97 Å². The number of carbonyl (C=O) groups is 1. The number of fused-ring (bicyclic) bond motifs is 1. The van der Waals surface area contributed by atoms with Crippen molar-refractivity contribution in [1.29, 1.82) is 0 Å². The van der Waals surface area contributed by atoms with Crippen molar-refractivity contribution in [3.05, 3.63) is 16.8 Å². The van der Waals surface area contributed by atoms with E-state index in [0.717, 1.165) is 15.2 Å². The molecule has 2 heterocycles. The van der Waals surface area contributed by atoms with E-state index in [0.29, 0.717) is 18.2 Å². The van der Waals surface area contributed by atoms with E-state index in [-0.39, 0.29) is 11.9 Å². The highest BCUT2D eigenvalue weighted by Crippen LogP contribution is 2.34. The van der Waals surface area contributed by atoms with E-state index < -0.39 is 0 Å². The summed E-state index contributed by atoms with van der Waals surface area (Å²) in [6, 6.07) is 0.101. The van der Waals surface area contributed by atoms with E-state index >= 15 is 0 Å². The Balaban J connectivity index is 1.62. The largest absolute Gasteiger partial charge is 0.351 e. The molecular weight excluding hydrogens is 352 g/mol. The number of hydrogen-bond donors (Lipinski definition) is 2. The fraction of sp³-hybridized carbons (Fsp3) is 0.611. The molecule has 0 aliphatic heterocycles. The van der Waals surface area contributed by atoms with Crippen LogP contribution in [0.4, 0.5) is 0 Å².